The summed E-state index contributed by atoms with van der Waals surface area (Å²) in [6.07, 6.45) is 4.30. The Morgan fingerprint density at radius 3 is 2.67 bits per heavy atom. The highest BCUT2D eigenvalue weighted by molar-refractivity contribution is 5.27. The van der Waals surface area contributed by atoms with E-state index in [1.54, 1.807) is 0 Å². The maximum atomic E-state index is 4.55. The van der Waals surface area contributed by atoms with Crippen molar-refractivity contribution in [1.82, 2.24) is 10.3 Å². The molecule has 2 heteroatoms. The molecule has 1 aliphatic rings. The number of pyridine rings is 1. The largest absolute Gasteiger partial charge is 0.308 e. The first-order valence-electron chi connectivity index (χ1n) is 7.26. The molecule has 0 saturated carbocycles. The van der Waals surface area contributed by atoms with Gasteiger partial charge in [-0.1, -0.05) is 33.8 Å². The standard InChI is InChI=1S/C16H26N2/c1-11(2)14(12(3)4)10-18-15-8-7-13-6-5-9-17-16(13)15/h5-6,9,11-12,14-15,18H,7-8,10H2,1-4H3. The van der Waals surface area contributed by atoms with Crippen LogP contribution in [0, 0.1) is 17.8 Å². The van der Waals surface area contributed by atoms with Gasteiger partial charge in [0, 0.05) is 6.20 Å². The Hall–Kier alpha value is -0.890. The van der Waals surface area contributed by atoms with Crippen molar-refractivity contribution in [2.24, 2.45) is 17.8 Å². The van der Waals surface area contributed by atoms with E-state index in [-0.39, 0.29) is 0 Å². The molecule has 1 unspecified atom stereocenters. The van der Waals surface area contributed by atoms with Gasteiger partial charge in [0.05, 0.1) is 11.7 Å². The van der Waals surface area contributed by atoms with E-state index < -0.39 is 0 Å². The first-order valence-corrected chi connectivity index (χ1v) is 7.26. The number of fused-ring (bicyclic) bond motifs is 1. The summed E-state index contributed by atoms with van der Waals surface area (Å²) in [7, 11) is 0. The van der Waals surface area contributed by atoms with E-state index in [0.29, 0.717) is 6.04 Å². The number of nitrogens with one attached hydrogen (secondary N) is 1. The Kier molecular flexibility index (Phi) is 4.39. The Balaban J connectivity index is 1.96. The van der Waals surface area contributed by atoms with Crippen molar-refractivity contribution in [2.45, 2.75) is 46.6 Å². The van der Waals surface area contributed by atoms with Crippen LogP contribution >= 0.6 is 0 Å². The number of aryl methyl sites for hydroxylation is 1. The van der Waals surface area contributed by atoms with Crippen molar-refractivity contribution in [3.05, 3.63) is 29.6 Å². The van der Waals surface area contributed by atoms with E-state index in [0.717, 1.165) is 24.3 Å². The van der Waals surface area contributed by atoms with Crippen LogP contribution in [0.2, 0.25) is 0 Å². The lowest BCUT2D eigenvalue weighted by atomic mass is 9.85. The van der Waals surface area contributed by atoms with Crippen molar-refractivity contribution < 1.29 is 0 Å². The molecule has 0 spiro atoms. The Labute approximate surface area is 111 Å². The molecular weight excluding hydrogens is 220 g/mol. The van der Waals surface area contributed by atoms with Gasteiger partial charge in [0.25, 0.3) is 0 Å². The van der Waals surface area contributed by atoms with Crippen LogP contribution in [0.15, 0.2) is 18.3 Å². The molecule has 100 valence electrons. The highest BCUT2D eigenvalue weighted by atomic mass is 15.0. The molecule has 1 aromatic rings. The van der Waals surface area contributed by atoms with E-state index in [2.05, 4.69) is 44.1 Å². The molecule has 1 aromatic heterocycles. The lowest BCUT2D eigenvalue weighted by Crippen LogP contribution is -2.32. The van der Waals surface area contributed by atoms with Crippen LogP contribution in [0.4, 0.5) is 0 Å². The van der Waals surface area contributed by atoms with Gasteiger partial charge in [-0.15, -0.1) is 0 Å². The number of nitrogens with zero attached hydrogens (tertiary/aromatic N) is 1. The summed E-state index contributed by atoms with van der Waals surface area (Å²) < 4.78 is 0. The number of aromatic nitrogens is 1. The normalized spacial score (nSPS) is 18.9. The van der Waals surface area contributed by atoms with Gasteiger partial charge >= 0.3 is 0 Å². The summed E-state index contributed by atoms with van der Waals surface area (Å²) in [5.41, 5.74) is 2.71. The monoisotopic (exact) mass is 246 g/mol. The van der Waals surface area contributed by atoms with Crippen molar-refractivity contribution >= 4 is 0 Å². The second kappa shape index (κ2) is 5.83. The average Bonchev–Trinajstić information content (AvgIpc) is 2.72. The van der Waals surface area contributed by atoms with Crippen molar-refractivity contribution in [3.63, 3.8) is 0 Å². The molecule has 1 atom stereocenters. The Bertz CT molecular complexity index is 376. The van der Waals surface area contributed by atoms with Crippen molar-refractivity contribution in [3.8, 4) is 0 Å². The number of rotatable bonds is 5. The maximum absolute atomic E-state index is 4.55. The summed E-state index contributed by atoms with van der Waals surface area (Å²) in [4.78, 5) is 4.55. The van der Waals surface area contributed by atoms with E-state index >= 15 is 0 Å². The summed E-state index contributed by atoms with van der Waals surface area (Å²) in [6, 6.07) is 4.74. The van der Waals surface area contributed by atoms with Gasteiger partial charge in [0.2, 0.25) is 0 Å². The van der Waals surface area contributed by atoms with Crippen LogP contribution in [-0.2, 0) is 6.42 Å². The number of hydrogen-bond acceptors (Lipinski definition) is 2. The van der Waals surface area contributed by atoms with Gasteiger partial charge in [-0.3, -0.25) is 4.98 Å². The summed E-state index contributed by atoms with van der Waals surface area (Å²) >= 11 is 0. The van der Waals surface area contributed by atoms with Crippen LogP contribution in [0.3, 0.4) is 0 Å². The smallest absolute Gasteiger partial charge is 0.0605 e. The first-order chi connectivity index (χ1) is 8.59. The summed E-state index contributed by atoms with van der Waals surface area (Å²) in [5, 5.41) is 3.74. The zero-order valence-electron chi connectivity index (χ0n) is 12.1. The molecule has 1 aliphatic carbocycles. The van der Waals surface area contributed by atoms with Crippen LogP contribution in [0.5, 0.6) is 0 Å². The van der Waals surface area contributed by atoms with Crippen LogP contribution in [0.1, 0.15) is 51.4 Å². The van der Waals surface area contributed by atoms with Crippen molar-refractivity contribution in [2.75, 3.05) is 6.54 Å². The molecule has 2 rings (SSSR count). The minimum Gasteiger partial charge on any atom is -0.308 e. The zero-order chi connectivity index (χ0) is 13.1. The predicted molar refractivity (Wildman–Crippen MR) is 76.5 cm³/mol. The third-order valence-corrected chi connectivity index (χ3v) is 4.27. The molecule has 0 radical (unpaired) electrons. The molecule has 0 saturated heterocycles. The van der Waals surface area contributed by atoms with Gasteiger partial charge in [0.15, 0.2) is 0 Å². The Morgan fingerprint density at radius 2 is 2.00 bits per heavy atom. The third kappa shape index (κ3) is 2.92. The fourth-order valence-corrected chi connectivity index (χ4v) is 3.13. The molecule has 0 aromatic carbocycles. The lowest BCUT2D eigenvalue weighted by molar-refractivity contribution is 0.264. The zero-order valence-corrected chi connectivity index (χ0v) is 12.1. The van der Waals surface area contributed by atoms with Gasteiger partial charge < -0.3 is 5.32 Å². The molecule has 0 amide bonds. The molecule has 1 heterocycles. The van der Waals surface area contributed by atoms with E-state index in [9.17, 15) is 0 Å². The summed E-state index contributed by atoms with van der Waals surface area (Å²) in [5.74, 6) is 2.22. The van der Waals surface area contributed by atoms with Gasteiger partial charge in [0.1, 0.15) is 0 Å². The SMILES string of the molecule is CC(C)C(CNC1CCc2cccnc21)C(C)C. The van der Waals surface area contributed by atoms with E-state index in [1.807, 2.05) is 12.3 Å². The van der Waals surface area contributed by atoms with Crippen molar-refractivity contribution in [1.29, 1.82) is 0 Å². The van der Waals surface area contributed by atoms with Crippen LogP contribution < -0.4 is 5.32 Å². The average molecular weight is 246 g/mol. The second-order valence-electron chi connectivity index (χ2n) is 6.20. The van der Waals surface area contributed by atoms with Gasteiger partial charge in [-0.25, -0.2) is 0 Å². The molecule has 1 N–H and O–H groups in total. The van der Waals surface area contributed by atoms with E-state index in [4.69, 9.17) is 0 Å². The fourth-order valence-electron chi connectivity index (χ4n) is 3.13. The highest BCUT2D eigenvalue weighted by Crippen LogP contribution is 2.29. The predicted octanol–water partition coefficient (Wildman–Crippen LogP) is 3.59. The van der Waals surface area contributed by atoms with Gasteiger partial charge in [-0.05, 0) is 48.8 Å². The Morgan fingerprint density at radius 1 is 1.28 bits per heavy atom. The minimum absolute atomic E-state index is 0.473. The number of hydrogen-bond donors (Lipinski definition) is 1. The highest BCUT2D eigenvalue weighted by Gasteiger charge is 2.25. The molecule has 18 heavy (non-hydrogen) atoms. The summed E-state index contributed by atoms with van der Waals surface area (Å²) in [6.45, 7) is 10.4. The maximum Gasteiger partial charge on any atom is 0.0605 e. The van der Waals surface area contributed by atoms with Gasteiger partial charge in [-0.2, -0.15) is 0 Å². The topological polar surface area (TPSA) is 24.9 Å². The van der Waals surface area contributed by atoms with Crippen LogP contribution in [-0.4, -0.2) is 11.5 Å². The quantitative estimate of drug-likeness (QED) is 0.859. The van der Waals surface area contributed by atoms with E-state index in [1.165, 1.54) is 24.1 Å². The molecule has 0 aliphatic heterocycles. The lowest BCUT2D eigenvalue weighted by Gasteiger charge is -2.27. The second-order valence-corrected chi connectivity index (χ2v) is 6.20. The molecule has 0 bridgehead atoms. The fraction of sp³-hybridized carbons (Fsp3) is 0.688. The molecule has 0 fully saturated rings. The minimum atomic E-state index is 0.473. The third-order valence-electron chi connectivity index (χ3n) is 4.27. The van der Waals surface area contributed by atoms with Crippen LogP contribution in [0.25, 0.3) is 0 Å². The molecular formula is C16H26N2. The molecule has 2 nitrogen and oxygen atoms in total. The first kappa shape index (κ1) is 13.5.